The van der Waals surface area contributed by atoms with Crippen molar-refractivity contribution in [1.29, 1.82) is 5.26 Å². The van der Waals surface area contributed by atoms with Crippen molar-refractivity contribution in [3.63, 3.8) is 0 Å². The molecular formula is C19H26N4O2. The van der Waals surface area contributed by atoms with Crippen LogP contribution in [0.25, 0.3) is 0 Å². The molecule has 134 valence electrons. The quantitative estimate of drug-likeness (QED) is 0.911. The largest absolute Gasteiger partial charge is 0.360 e. The number of rotatable bonds is 4. The van der Waals surface area contributed by atoms with Gasteiger partial charge in [0.15, 0.2) is 0 Å². The van der Waals surface area contributed by atoms with Gasteiger partial charge in [-0.2, -0.15) is 5.26 Å². The minimum Gasteiger partial charge on any atom is -0.360 e. The number of para-hydroxylation sites is 2. The Morgan fingerprint density at radius 3 is 2.48 bits per heavy atom. The maximum Gasteiger partial charge on any atom is 0.240 e. The second-order valence-corrected chi connectivity index (χ2v) is 6.95. The van der Waals surface area contributed by atoms with Crippen LogP contribution >= 0.6 is 0 Å². The molecule has 2 amide bonds. The molecule has 1 heterocycles. The average molecular weight is 342 g/mol. The van der Waals surface area contributed by atoms with Crippen LogP contribution in [0.2, 0.25) is 0 Å². The van der Waals surface area contributed by atoms with Crippen molar-refractivity contribution in [2.75, 3.05) is 29.4 Å². The summed E-state index contributed by atoms with van der Waals surface area (Å²) >= 11 is 0. The van der Waals surface area contributed by atoms with Crippen LogP contribution in [-0.4, -0.2) is 37.0 Å². The number of hydrogen-bond donors (Lipinski definition) is 1. The summed E-state index contributed by atoms with van der Waals surface area (Å²) in [5, 5.41) is 12.2. The number of nitrogens with one attached hydrogen (secondary N) is 1. The third kappa shape index (κ3) is 4.11. The van der Waals surface area contributed by atoms with Gasteiger partial charge in [0.1, 0.15) is 5.54 Å². The fraction of sp³-hybridized carbons (Fsp3) is 0.526. The first-order valence-corrected chi connectivity index (χ1v) is 8.63. The van der Waals surface area contributed by atoms with Crippen molar-refractivity contribution in [2.24, 2.45) is 5.92 Å². The first kappa shape index (κ1) is 18.8. The maximum absolute atomic E-state index is 12.5. The Kier molecular flexibility index (Phi) is 5.68. The molecule has 1 atom stereocenters. The number of carbonyl (C=O) groups excluding carboxylic acids is 2. The molecule has 6 nitrogen and oxygen atoms in total. The molecule has 0 fully saturated rings. The molecule has 0 aliphatic carbocycles. The van der Waals surface area contributed by atoms with Gasteiger partial charge < -0.3 is 15.1 Å². The van der Waals surface area contributed by atoms with E-state index < -0.39 is 5.54 Å². The summed E-state index contributed by atoms with van der Waals surface area (Å²) < 4.78 is 0. The van der Waals surface area contributed by atoms with Crippen molar-refractivity contribution < 1.29 is 9.59 Å². The summed E-state index contributed by atoms with van der Waals surface area (Å²) in [6.07, 6.45) is 0.779. The Morgan fingerprint density at radius 2 is 1.92 bits per heavy atom. The summed E-state index contributed by atoms with van der Waals surface area (Å²) in [6.45, 7) is 8.59. The molecule has 1 aromatic rings. The van der Waals surface area contributed by atoms with E-state index in [1.807, 2.05) is 43.0 Å². The highest BCUT2D eigenvalue weighted by Crippen LogP contribution is 2.32. The summed E-state index contributed by atoms with van der Waals surface area (Å²) in [4.78, 5) is 28.2. The van der Waals surface area contributed by atoms with Crippen LogP contribution in [-0.2, 0) is 9.59 Å². The molecule has 1 aromatic carbocycles. The van der Waals surface area contributed by atoms with E-state index in [0.717, 1.165) is 17.8 Å². The lowest BCUT2D eigenvalue weighted by atomic mass is 9.90. The normalized spacial score (nSPS) is 16.5. The Morgan fingerprint density at radius 1 is 1.28 bits per heavy atom. The molecule has 0 bridgehead atoms. The van der Waals surface area contributed by atoms with E-state index in [4.69, 9.17) is 0 Å². The van der Waals surface area contributed by atoms with Crippen LogP contribution in [0.4, 0.5) is 11.4 Å². The predicted molar refractivity (Wildman–Crippen MR) is 98.3 cm³/mol. The van der Waals surface area contributed by atoms with Gasteiger partial charge >= 0.3 is 0 Å². The van der Waals surface area contributed by atoms with Gasteiger partial charge in [0.05, 0.1) is 24.0 Å². The topological polar surface area (TPSA) is 76.4 Å². The van der Waals surface area contributed by atoms with Crippen molar-refractivity contribution in [1.82, 2.24) is 5.32 Å². The molecule has 0 spiro atoms. The summed E-state index contributed by atoms with van der Waals surface area (Å²) in [6, 6.07) is 9.82. The first-order chi connectivity index (χ1) is 11.8. The highest BCUT2D eigenvalue weighted by molar-refractivity contribution is 5.96. The molecule has 2 rings (SSSR count). The van der Waals surface area contributed by atoms with Gasteiger partial charge in [-0.25, -0.2) is 0 Å². The van der Waals surface area contributed by atoms with E-state index in [1.54, 1.807) is 18.7 Å². The van der Waals surface area contributed by atoms with E-state index in [1.165, 1.54) is 0 Å². The SMILES string of the molecule is CC(=O)N1CCCN(CC(=O)N[C@](C)(C#N)C(C)C)c2ccccc21. The fourth-order valence-electron chi connectivity index (χ4n) is 2.92. The number of fused-ring (bicyclic) bond motifs is 1. The lowest BCUT2D eigenvalue weighted by molar-refractivity contribution is -0.121. The third-order valence-electron chi connectivity index (χ3n) is 4.82. The molecule has 0 unspecified atom stereocenters. The number of carbonyl (C=O) groups is 2. The minimum absolute atomic E-state index is 0.00406. The summed E-state index contributed by atoms with van der Waals surface area (Å²) in [5.41, 5.74) is 0.800. The highest BCUT2D eigenvalue weighted by atomic mass is 16.2. The number of hydrogen-bond acceptors (Lipinski definition) is 4. The van der Waals surface area contributed by atoms with E-state index in [-0.39, 0.29) is 24.3 Å². The van der Waals surface area contributed by atoms with Crippen molar-refractivity contribution in [2.45, 2.75) is 39.7 Å². The zero-order chi connectivity index (χ0) is 18.6. The Hall–Kier alpha value is -2.55. The van der Waals surface area contributed by atoms with Crippen molar-refractivity contribution >= 4 is 23.2 Å². The lowest BCUT2D eigenvalue weighted by Gasteiger charge is -2.30. The fourth-order valence-corrected chi connectivity index (χ4v) is 2.92. The molecular weight excluding hydrogens is 316 g/mol. The summed E-state index contributed by atoms with van der Waals surface area (Å²) in [5.74, 6) is -0.189. The van der Waals surface area contributed by atoms with Crippen LogP contribution in [0.5, 0.6) is 0 Å². The molecule has 0 saturated carbocycles. The van der Waals surface area contributed by atoms with Gasteiger partial charge in [0, 0.05) is 20.0 Å². The Balaban J connectivity index is 2.22. The van der Waals surface area contributed by atoms with Gasteiger partial charge in [0.25, 0.3) is 0 Å². The van der Waals surface area contributed by atoms with Crippen LogP contribution in [0.3, 0.4) is 0 Å². The highest BCUT2D eigenvalue weighted by Gasteiger charge is 2.31. The number of nitriles is 1. The molecule has 1 aliphatic rings. The lowest BCUT2D eigenvalue weighted by Crippen LogP contribution is -2.52. The number of amides is 2. The molecule has 25 heavy (non-hydrogen) atoms. The second kappa shape index (κ2) is 7.56. The zero-order valence-electron chi connectivity index (χ0n) is 15.4. The van der Waals surface area contributed by atoms with Gasteiger partial charge in [0.2, 0.25) is 11.8 Å². The standard InChI is InChI=1S/C19H26N4O2/c1-14(2)19(4,13-20)21-18(25)12-22-10-7-11-23(15(3)24)17-9-6-5-8-16(17)22/h5-6,8-9,14H,7,10-12H2,1-4H3,(H,21,25)/t19-/m1/s1. The molecule has 0 aromatic heterocycles. The monoisotopic (exact) mass is 342 g/mol. The predicted octanol–water partition coefficient (Wildman–Crippen LogP) is 2.30. The number of anilines is 2. The minimum atomic E-state index is -0.895. The maximum atomic E-state index is 12.5. The van der Waals surface area contributed by atoms with Crippen molar-refractivity contribution in [3.05, 3.63) is 24.3 Å². The van der Waals surface area contributed by atoms with Gasteiger partial charge in [-0.1, -0.05) is 26.0 Å². The van der Waals surface area contributed by atoms with E-state index in [9.17, 15) is 14.9 Å². The smallest absolute Gasteiger partial charge is 0.240 e. The van der Waals surface area contributed by atoms with Gasteiger partial charge in [-0.05, 0) is 31.4 Å². The third-order valence-corrected chi connectivity index (χ3v) is 4.82. The van der Waals surface area contributed by atoms with Crippen molar-refractivity contribution in [3.8, 4) is 6.07 Å². The van der Waals surface area contributed by atoms with Crippen LogP contribution in [0, 0.1) is 17.2 Å². The Labute approximate surface area is 149 Å². The van der Waals surface area contributed by atoms with E-state index >= 15 is 0 Å². The molecule has 0 radical (unpaired) electrons. The molecule has 1 aliphatic heterocycles. The Bertz CT molecular complexity index is 695. The van der Waals surface area contributed by atoms with Crippen LogP contribution in [0.1, 0.15) is 34.1 Å². The van der Waals surface area contributed by atoms with E-state index in [0.29, 0.717) is 13.1 Å². The number of benzene rings is 1. The van der Waals surface area contributed by atoms with E-state index in [2.05, 4.69) is 11.4 Å². The van der Waals surface area contributed by atoms with Gasteiger partial charge in [-0.3, -0.25) is 9.59 Å². The number of nitrogens with zero attached hydrogens (tertiary/aromatic N) is 3. The zero-order valence-corrected chi connectivity index (χ0v) is 15.4. The summed E-state index contributed by atoms with van der Waals surface area (Å²) in [7, 11) is 0. The molecule has 1 N–H and O–H groups in total. The first-order valence-electron chi connectivity index (χ1n) is 8.63. The van der Waals surface area contributed by atoms with Gasteiger partial charge in [-0.15, -0.1) is 0 Å². The average Bonchev–Trinajstić information content (AvgIpc) is 2.74. The van der Waals surface area contributed by atoms with Crippen LogP contribution in [0.15, 0.2) is 24.3 Å². The van der Waals surface area contributed by atoms with Crippen LogP contribution < -0.4 is 15.1 Å². The second-order valence-electron chi connectivity index (χ2n) is 6.95. The molecule has 0 saturated heterocycles. The molecule has 6 heteroatoms.